The Hall–Kier alpha value is -1.21. The number of nitrogens with zero attached hydrogens (tertiary/aromatic N) is 2. The van der Waals surface area contributed by atoms with Gasteiger partial charge in [0, 0.05) is 18.3 Å². The minimum atomic E-state index is -3.18. The van der Waals surface area contributed by atoms with E-state index in [-0.39, 0.29) is 5.75 Å². The molecule has 0 unspecified atom stereocenters. The highest BCUT2D eigenvalue weighted by atomic mass is 32.2. The number of anilines is 1. The Labute approximate surface area is 108 Å². The van der Waals surface area contributed by atoms with Crippen LogP contribution in [0.4, 0.5) is 5.82 Å². The molecule has 1 rings (SSSR count). The zero-order valence-corrected chi connectivity index (χ0v) is 11.8. The van der Waals surface area contributed by atoms with Gasteiger partial charge >= 0.3 is 0 Å². The van der Waals surface area contributed by atoms with Gasteiger partial charge in [-0.2, -0.15) is 0 Å². The van der Waals surface area contributed by atoms with E-state index in [2.05, 4.69) is 26.9 Å². The molecule has 6 nitrogen and oxygen atoms in total. The number of sulfonamides is 1. The minimum Gasteiger partial charge on any atom is -0.369 e. The Morgan fingerprint density at radius 1 is 1.39 bits per heavy atom. The van der Waals surface area contributed by atoms with E-state index in [1.807, 2.05) is 6.92 Å². The maximum Gasteiger partial charge on any atom is 0.213 e. The third-order valence-corrected chi connectivity index (χ3v) is 3.84. The topological polar surface area (TPSA) is 84.0 Å². The smallest absolute Gasteiger partial charge is 0.213 e. The first-order valence-corrected chi connectivity index (χ1v) is 7.61. The van der Waals surface area contributed by atoms with Crippen LogP contribution in [0.1, 0.15) is 24.7 Å². The van der Waals surface area contributed by atoms with Gasteiger partial charge < -0.3 is 5.32 Å². The van der Waals surface area contributed by atoms with Crippen molar-refractivity contribution in [2.24, 2.45) is 0 Å². The van der Waals surface area contributed by atoms with Gasteiger partial charge in [0.1, 0.15) is 11.6 Å². The normalized spacial score (nSPS) is 11.5. The van der Waals surface area contributed by atoms with E-state index in [1.165, 1.54) is 7.05 Å². The van der Waals surface area contributed by atoms with Crippen LogP contribution in [0.5, 0.6) is 0 Å². The highest BCUT2D eigenvalue weighted by Crippen LogP contribution is 2.13. The zero-order chi connectivity index (χ0) is 13.6. The first-order valence-electron chi connectivity index (χ1n) is 5.96. The molecule has 7 heteroatoms. The van der Waals surface area contributed by atoms with Crippen LogP contribution in [0, 0.1) is 6.92 Å². The molecule has 0 aliphatic heterocycles. The molecule has 102 valence electrons. The van der Waals surface area contributed by atoms with E-state index in [9.17, 15) is 8.42 Å². The third-order valence-electron chi connectivity index (χ3n) is 2.48. The molecular weight excluding hydrogens is 252 g/mol. The monoisotopic (exact) mass is 272 g/mol. The average Bonchev–Trinajstić information content (AvgIpc) is 2.32. The fraction of sp³-hybridized carbons (Fsp3) is 0.636. The molecule has 0 saturated heterocycles. The van der Waals surface area contributed by atoms with Gasteiger partial charge in [0.15, 0.2) is 0 Å². The van der Waals surface area contributed by atoms with E-state index < -0.39 is 10.0 Å². The Balaban J connectivity index is 2.68. The summed E-state index contributed by atoms with van der Waals surface area (Å²) in [5.74, 6) is 1.43. The summed E-state index contributed by atoms with van der Waals surface area (Å²) in [7, 11) is -1.77. The van der Waals surface area contributed by atoms with Crippen molar-refractivity contribution in [3.05, 3.63) is 17.6 Å². The lowest BCUT2D eigenvalue weighted by atomic mass is 10.2. The molecule has 0 saturated carbocycles. The van der Waals surface area contributed by atoms with Crippen LogP contribution >= 0.6 is 0 Å². The minimum absolute atomic E-state index is 0.0259. The van der Waals surface area contributed by atoms with Gasteiger partial charge in [0.2, 0.25) is 10.0 Å². The lowest BCUT2D eigenvalue weighted by Crippen LogP contribution is -2.26. The number of nitrogens with one attached hydrogen (secondary N) is 2. The zero-order valence-electron chi connectivity index (χ0n) is 11.0. The standard InChI is InChI=1S/C11H20N4O2S/c1-4-5-10-8-14-9(2)15-11(10)13-6-7-18(16,17)12-3/h8,12H,4-7H2,1-3H3,(H,13,14,15). The second-order valence-electron chi connectivity index (χ2n) is 3.99. The van der Waals surface area contributed by atoms with Gasteiger partial charge in [0.05, 0.1) is 5.75 Å². The molecule has 0 amide bonds. The van der Waals surface area contributed by atoms with E-state index in [4.69, 9.17) is 0 Å². The molecule has 1 aromatic rings. The van der Waals surface area contributed by atoms with Crippen molar-refractivity contribution in [3.8, 4) is 0 Å². The van der Waals surface area contributed by atoms with Crippen molar-refractivity contribution in [2.75, 3.05) is 24.7 Å². The van der Waals surface area contributed by atoms with Crippen LogP contribution in [0.25, 0.3) is 0 Å². The summed E-state index contributed by atoms with van der Waals surface area (Å²) in [6.45, 7) is 4.22. The highest BCUT2D eigenvalue weighted by molar-refractivity contribution is 7.89. The molecule has 2 N–H and O–H groups in total. The van der Waals surface area contributed by atoms with Crippen molar-refractivity contribution in [3.63, 3.8) is 0 Å². The first-order chi connectivity index (χ1) is 8.48. The molecule has 0 aliphatic carbocycles. The van der Waals surface area contributed by atoms with Crippen molar-refractivity contribution in [2.45, 2.75) is 26.7 Å². The fourth-order valence-electron chi connectivity index (χ4n) is 1.51. The summed E-state index contributed by atoms with van der Waals surface area (Å²) in [5, 5.41) is 3.06. The van der Waals surface area contributed by atoms with Crippen molar-refractivity contribution in [1.29, 1.82) is 0 Å². The fourth-order valence-corrected chi connectivity index (χ4v) is 2.08. The number of hydrogen-bond donors (Lipinski definition) is 2. The van der Waals surface area contributed by atoms with Crippen LogP contribution in [-0.4, -0.2) is 37.7 Å². The number of hydrogen-bond acceptors (Lipinski definition) is 5. The summed E-state index contributed by atoms with van der Waals surface area (Å²) >= 11 is 0. The van der Waals surface area contributed by atoms with Crippen molar-refractivity contribution >= 4 is 15.8 Å². The largest absolute Gasteiger partial charge is 0.369 e. The van der Waals surface area contributed by atoms with Crippen molar-refractivity contribution < 1.29 is 8.42 Å². The second kappa shape index (κ2) is 6.65. The van der Waals surface area contributed by atoms with E-state index >= 15 is 0 Å². The molecule has 0 fully saturated rings. The average molecular weight is 272 g/mol. The first kappa shape index (κ1) is 14.8. The van der Waals surface area contributed by atoms with Gasteiger partial charge in [-0.15, -0.1) is 0 Å². The van der Waals surface area contributed by atoms with Crippen LogP contribution in [0.3, 0.4) is 0 Å². The second-order valence-corrected chi connectivity index (χ2v) is 6.04. The van der Waals surface area contributed by atoms with Crippen molar-refractivity contribution in [1.82, 2.24) is 14.7 Å². The molecule has 0 spiro atoms. The Bertz CT molecular complexity index is 488. The Kier molecular flexibility index (Phi) is 5.49. The predicted molar refractivity (Wildman–Crippen MR) is 72.1 cm³/mol. The molecule has 0 atom stereocenters. The summed E-state index contributed by atoms with van der Waals surface area (Å²) < 4.78 is 24.8. The van der Waals surface area contributed by atoms with Crippen LogP contribution in [0.15, 0.2) is 6.20 Å². The molecule has 1 aromatic heterocycles. The SMILES string of the molecule is CCCc1cnc(C)nc1NCCS(=O)(=O)NC. The third kappa shape index (κ3) is 4.58. The van der Waals surface area contributed by atoms with Gasteiger partial charge in [-0.25, -0.2) is 23.1 Å². The molecular formula is C11H20N4O2S. The summed E-state index contributed by atoms with van der Waals surface area (Å²) in [6.07, 6.45) is 3.66. The molecule has 1 heterocycles. The number of rotatable bonds is 7. The Morgan fingerprint density at radius 2 is 2.11 bits per heavy atom. The van der Waals surface area contributed by atoms with Gasteiger partial charge in [0.25, 0.3) is 0 Å². The molecule has 0 bridgehead atoms. The summed E-state index contributed by atoms with van der Waals surface area (Å²) in [4.78, 5) is 8.45. The Morgan fingerprint density at radius 3 is 2.72 bits per heavy atom. The maximum absolute atomic E-state index is 11.3. The number of aromatic nitrogens is 2. The van der Waals surface area contributed by atoms with E-state index in [0.717, 1.165) is 24.2 Å². The molecule has 18 heavy (non-hydrogen) atoms. The van der Waals surface area contributed by atoms with Crippen LogP contribution in [-0.2, 0) is 16.4 Å². The summed E-state index contributed by atoms with van der Waals surface area (Å²) in [5.41, 5.74) is 1.02. The van der Waals surface area contributed by atoms with Crippen LogP contribution in [0.2, 0.25) is 0 Å². The highest BCUT2D eigenvalue weighted by Gasteiger charge is 2.08. The van der Waals surface area contributed by atoms with E-state index in [0.29, 0.717) is 12.4 Å². The lowest BCUT2D eigenvalue weighted by molar-refractivity contribution is 0.588. The summed E-state index contributed by atoms with van der Waals surface area (Å²) in [6, 6.07) is 0. The molecule has 0 aliphatic rings. The van der Waals surface area contributed by atoms with E-state index in [1.54, 1.807) is 6.20 Å². The maximum atomic E-state index is 11.3. The quantitative estimate of drug-likeness (QED) is 0.763. The molecule has 0 radical (unpaired) electrons. The van der Waals surface area contributed by atoms with Gasteiger partial charge in [-0.1, -0.05) is 13.3 Å². The van der Waals surface area contributed by atoms with Crippen LogP contribution < -0.4 is 10.0 Å². The predicted octanol–water partition coefficient (Wildman–Crippen LogP) is 0.699. The van der Waals surface area contributed by atoms with Gasteiger partial charge in [-0.3, -0.25) is 0 Å². The molecule has 0 aromatic carbocycles. The van der Waals surface area contributed by atoms with Gasteiger partial charge in [-0.05, 0) is 20.4 Å². The number of aryl methyl sites for hydroxylation is 2. The lowest BCUT2D eigenvalue weighted by Gasteiger charge is -2.10.